The van der Waals surface area contributed by atoms with Gasteiger partial charge in [-0.05, 0) is 38.4 Å². The van der Waals surface area contributed by atoms with Crippen molar-refractivity contribution in [3.05, 3.63) is 41.7 Å². The second-order valence-electron chi connectivity index (χ2n) is 3.60. The van der Waals surface area contributed by atoms with Gasteiger partial charge in [0.2, 0.25) is 0 Å². The van der Waals surface area contributed by atoms with Gasteiger partial charge in [-0.15, -0.1) is 0 Å². The molecule has 0 aliphatic rings. The third-order valence-electron chi connectivity index (χ3n) is 1.97. The molecule has 2 heteroatoms. The first-order chi connectivity index (χ1) is 6.79. The Morgan fingerprint density at radius 2 is 2.36 bits per heavy atom. The highest BCUT2D eigenvalue weighted by atomic mass is 14.8. The van der Waals surface area contributed by atoms with Gasteiger partial charge in [-0.1, -0.05) is 17.7 Å². The smallest absolute Gasteiger partial charge is 0.0300 e. The average Bonchev–Trinajstić information content (AvgIpc) is 2.18. The number of aromatic nitrogens is 1. The molecule has 0 aliphatic heterocycles. The standard InChI is InChI=1S/C12H18N2/c1-11(2)5-8-13-9-6-12-4-3-7-14-10-12/h3-5,7,10,13H,6,8-9H2,1-2H3. The molecule has 76 valence electrons. The molecule has 0 unspecified atom stereocenters. The Hall–Kier alpha value is -1.15. The van der Waals surface area contributed by atoms with Crippen LogP contribution in [0.15, 0.2) is 36.2 Å². The third kappa shape index (κ3) is 4.77. The number of hydrogen-bond donors (Lipinski definition) is 1. The molecule has 0 radical (unpaired) electrons. The van der Waals surface area contributed by atoms with Gasteiger partial charge in [-0.25, -0.2) is 0 Å². The molecule has 1 rings (SSSR count). The Morgan fingerprint density at radius 1 is 1.50 bits per heavy atom. The van der Waals surface area contributed by atoms with Crippen molar-refractivity contribution in [1.29, 1.82) is 0 Å². The predicted octanol–water partition coefficient (Wildman–Crippen LogP) is 2.18. The van der Waals surface area contributed by atoms with Gasteiger partial charge in [0.05, 0.1) is 0 Å². The molecule has 1 N–H and O–H groups in total. The molecule has 0 aromatic carbocycles. The van der Waals surface area contributed by atoms with Crippen molar-refractivity contribution in [1.82, 2.24) is 10.3 Å². The zero-order valence-corrected chi connectivity index (χ0v) is 8.96. The zero-order chi connectivity index (χ0) is 10.2. The Morgan fingerprint density at radius 3 is 3.00 bits per heavy atom. The largest absolute Gasteiger partial charge is 0.313 e. The lowest BCUT2D eigenvalue weighted by molar-refractivity contribution is 0.741. The Kier molecular flexibility index (Phi) is 4.94. The van der Waals surface area contributed by atoms with Gasteiger partial charge in [0.1, 0.15) is 0 Å². The quantitative estimate of drug-likeness (QED) is 0.568. The fourth-order valence-corrected chi connectivity index (χ4v) is 1.16. The van der Waals surface area contributed by atoms with Crippen molar-refractivity contribution < 1.29 is 0 Å². The van der Waals surface area contributed by atoms with Crippen molar-refractivity contribution in [2.75, 3.05) is 13.1 Å². The van der Waals surface area contributed by atoms with E-state index in [0.717, 1.165) is 19.5 Å². The van der Waals surface area contributed by atoms with Gasteiger partial charge in [0, 0.05) is 18.9 Å². The van der Waals surface area contributed by atoms with E-state index in [1.807, 2.05) is 12.3 Å². The van der Waals surface area contributed by atoms with E-state index >= 15 is 0 Å². The van der Waals surface area contributed by atoms with E-state index in [0.29, 0.717) is 0 Å². The highest BCUT2D eigenvalue weighted by Gasteiger charge is 1.90. The summed E-state index contributed by atoms with van der Waals surface area (Å²) in [6.07, 6.45) is 6.97. The minimum absolute atomic E-state index is 0.961. The monoisotopic (exact) mass is 190 g/mol. The normalized spacial score (nSPS) is 9.86. The molecule has 0 spiro atoms. The molecular formula is C12H18N2. The second kappa shape index (κ2) is 6.33. The van der Waals surface area contributed by atoms with Crippen molar-refractivity contribution in [2.24, 2.45) is 0 Å². The number of nitrogens with zero attached hydrogens (tertiary/aromatic N) is 1. The molecule has 0 atom stereocenters. The first-order valence-electron chi connectivity index (χ1n) is 5.02. The summed E-state index contributed by atoms with van der Waals surface area (Å²) in [7, 11) is 0. The number of nitrogens with one attached hydrogen (secondary N) is 1. The molecular weight excluding hydrogens is 172 g/mol. The lowest BCUT2D eigenvalue weighted by Crippen LogP contribution is -2.17. The SMILES string of the molecule is CC(C)=CCNCCc1cccnc1. The number of allylic oxidation sites excluding steroid dienone is 1. The summed E-state index contributed by atoms with van der Waals surface area (Å²) >= 11 is 0. The third-order valence-corrected chi connectivity index (χ3v) is 1.97. The first kappa shape index (κ1) is 10.9. The first-order valence-corrected chi connectivity index (χ1v) is 5.02. The molecule has 0 amide bonds. The van der Waals surface area contributed by atoms with Gasteiger partial charge in [-0.2, -0.15) is 0 Å². The number of rotatable bonds is 5. The van der Waals surface area contributed by atoms with Gasteiger partial charge < -0.3 is 5.32 Å². The van der Waals surface area contributed by atoms with Crippen LogP contribution in [0.4, 0.5) is 0 Å². The van der Waals surface area contributed by atoms with Crippen LogP contribution in [0.2, 0.25) is 0 Å². The van der Waals surface area contributed by atoms with Crippen LogP contribution in [0.3, 0.4) is 0 Å². The zero-order valence-electron chi connectivity index (χ0n) is 8.96. The van der Waals surface area contributed by atoms with Crippen LogP contribution in [-0.4, -0.2) is 18.1 Å². The van der Waals surface area contributed by atoms with E-state index in [4.69, 9.17) is 0 Å². The fourth-order valence-electron chi connectivity index (χ4n) is 1.16. The average molecular weight is 190 g/mol. The number of hydrogen-bond acceptors (Lipinski definition) is 2. The predicted molar refractivity (Wildman–Crippen MR) is 60.2 cm³/mol. The van der Waals surface area contributed by atoms with Crippen LogP contribution in [-0.2, 0) is 6.42 Å². The molecule has 0 saturated carbocycles. The van der Waals surface area contributed by atoms with Crippen molar-refractivity contribution in [3.63, 3.8) is 0 Å². The molecule has 0 aliphatic carbocycles. The maximum absolute atomic E-state index is 4.07. The van der Waals surface area contributed by atoms with Crippen LogP contribution in [0.25, 0.3) is 0 Å². The second-order valence-corrected chi connectivity index (χ2v) is 3.60. The Labute approximate surface area is 86.1 Å². The molecule has 1 aromatic rings. The molecule has 0 bridgehead atoms. The molecule has 14 heavy (non-hydrogen) atoms. The topological polar surface area (TPSA) is 24.9 Å². The molecule has 0 fully saturated rings. The van der Waals surface area contributed by atoms with Crippen molar-refractivity contribution in [2.45, 2.75) is 20.3 Å². The summed E-state index contributed by atoms with van der Waals surface area (Å²) < 4.78 is 0. The summed E-state index contributed by atoms with van der Waals surface area (Å²) in [5.74, 6) is 0. The van der Waals surface area contributed by atoms with E-state index < -0.39 is 0 Å². The number of pyridine rings is 1. The maximum atomic E-state index is 4.07. The minimum atomic E-state index is 0.961. The van der Waals surface area contributed by atoms with E-state index in [-0.39, 0.29) is 0 Å². The van der Waals surface area contributed by atoms with E-state index in [2.05, 4.69) is 36.3 Å². The molecule has 0 saturated heterocycles. The highest BCUT2D eigenvalue weighted by molar-refractivity contribution is 5.08. The van der Waals surface area contributed by atoms with Gasteiger partial charge in [0.25, 0.3) is 0 Å². The van der Waals surface area contributed by atoms with Gasteiger partial charge >= 0.3 is 0 Å². The van der Waals surface area contributed by atoms with Crippen LogP contribution in [0.5, 0.6) is 0 Å². The summed E-state index contributed by atoms with van der Waals surface area (Å²) in [4.78, 5) is 4.07. The van der Waals surface area contributed by atoms with Gasteiger partial charge in [0.15, 0.2) is 0 Å². The molecule has 2 nitrogen and oxygen atoms in total. The summed E-state index contributed by atoms with van der Waals surface area (Å²) in [6.45, 7) is 6.20. The fraction of sp³-hybridized carbons (Fsp3) is 0.417. The minimum Gasteiger partial charge on any atom is -0.313 e. The van der Waals surface area contributed by atoms with E-state index in [9.17, 15) is 0 Å². The summed E-state index contributed by atoms with van der Waals surface area (Å²) in [5, 5.41) is 3.36. The molecule has 1 aromatic heterocycles. The lowest BCUT2D eigenvalue weighted by atomic mass is 10.2. The lowest BCUT2D eigenvalue weighted by Gasteiger charge is -2.01. The summed E-state index contributed by atoms with van der Waals surface area (Å²) in [6, 6.07) is 4.08. The Bertz CT molecular complexity index is 274. The Balaban J connectivity index is 2.14. The molecule has 1 heterocycles. The van der Waals surface area contributed by atoms with Crippen LogP contribution in [0.1, 0.15) is 19.4 Å². The maximum Gasteiger partial charge on any atom is 0.0300 e. The van der Waals surface area contributed by atoms with E-state index in [1.165, 1.54) is 11.1 Å². The van der Waals surface area contributed by atoms with Crippen LogP contribution in [0, 0.1) is 0 Å². The van der Waals surface area contributed by atoms with Crippen LogP contribution < -0.4 is 5.32 Å². The van der Waals surface area contributed by atoms with Crippen LogP contribution >= 0.6 is 0 Å². The van der Waals surface area contributed by atoms with Crippen molar-refractivity contribution >= 4 is 0 Å². The highest BCUT2D eigenvalue weighted by Crippen LogP contribution is 1.95. The van der Waals surface area contributed by atoms with Crippen molar-refractivity contribution in [3.8, 4) is 0 Å². The van der Waals surface area contributed by atoms with E-state index in [1.54, 1.807) is 6.20 Å². The van der Waals surface area contributed by atoms with Gasteiger partial charge in [-0.3, -0.25) is 4.98 Å². The summed E-state index contributed by atoms with van der Waals surface area (Å²) in [5.41, 5.74) is 2.65.